The molecule has 4 rings (SSSR count). The summed E-state index contributed by atoms with van der Waals surface area (Å²) in [5.74, 6) is -2.57. The van der Waals surface area contributed by atoms with Crippen molar-refractivity contribution in [2.75, 3.05) is 11.1 Å². The van der Waals surface area contributed by atoms with E-state index in [0.29, 0.717) is 28.2 Å². The van der Waals surface area contributed by atoms with Gasteiger partial charge in [-0.2, -0.15) is 8.78 Å². The van der Waals surface area contributed by atoms with Crippen LogP contribution >= 0.6 is 23.5 Å². The zero-order valence-corrected chi connectivity index (χ0v) is 16.4. The molecular weight excluding hydrogens is 418 g/mol. The molecule has 0 atom stereocenters. The number of hydrogen-bond acceptors (Lipinski definition) is 6. The van der Waals surface area contributed by atoms with Gasteiger partial charge in [0.2, 0.25) is 5.91 Å². The van der Waals surface area contributed by atoms with Crippen molar-refractivity contribution in [1.29, 1.82) is 0 Å². The predicted molar refractivity (Wildman–Crippen MR) is 109 cm³/mol. The number of hydrogen-bond donors (Lipinski definition) is 2. The van der Waals surface area contributed by atoms with Gasteiger partial charge in [-0.25, -0.2) is 0 Å². The Kier molecular flexibility index (Phi) is 5.81. The Morgan fingerprint density at radius 3 is 2.79 bits per heavy atom. The molecule has 0 saturated heterocycles. The molecule has 2 aromatic carbocycles. The van der Waals surface area contributed by atoms with Gasteiger partial charge in [-0.1, -0.05) is 53.9 Å². The molecule has 0 spiro atoms. The van der Waals surface area contributed by atoms with Gasteiger partial charge >= 0.3 is 0 Å². The van der Waals surface area contributed by atoms with Gasteiger partial charge in [0.1, 0.15) is 0 Å². The minimum atomic E-state index is -2.57. The Bertz CT molecular complexity index is 1150. The minimum absolute atomic E-state index is 0.00317. The number of aromatic nitrogens is 3. The lowest BCUT2D eigenvalue weighted by Crippen LogP contribution is -2.14. The Hall–Kier alpha value is -2.85. The number of benzene rings is 2. The standard InChI is InChI=1S/C19H14F2N4O2S2/c20-18(21)29-15-8-4-3-7-14(15)23-16(26)10-28-19-25-24-17(27-19)12-9-22-13-6-2-1-5-11(12)13/h1-9,18,22H,10H2,(H,23,26). The predicted octanol–water partition coefficient (Wildman–Crippen LogP) is 5.26. The number of alkyl halides is 2. The smallest absolute Gasteiger partial charge is 0.288 e. The Morgan fingerprint density at radius 2 is 1.93 bits per heavy atom. The van der Waals surface area contributed by atoms with Crippen LogP contribution in [0.3, 0.4) is 0 Å². The second-order valence-electron chi connectivity index (χ2n) is 5.83. The number of carbonyl (C=O) groups is 1. The molecule has 0 bridgehead atoms. The van der Waals surface area contributed by atoms with Crippen molar-refractivity contribution in [3.8, 4) is 11.5 Å². The van der Waals surface area contributed by atoms with Gasteiger partial charge in [-0.3, -0.25) is 4.79 Å². The van der Waals surface area contributed by atoms with Crippen LogP contribution in [0, 0.1) is 0 Å². The fourth-order valence-electron chi connectivity index (χ4n) is 2.71. The molecule has 0 fully saturated rings. The van der Waals surface area contributed by atoms with Crippen LogP contribution in [-0.2, 0) is 4.79 Å². The molecule has 29 heavy (non-hydrogen) atoms. The third kappa shape index (κ3) is 4.60. The van der Waals surface area contributed by atoms with E-state index in [1.54, 1.807) is 24.4 Å². The van der Waals surface area contributed by atoms with Gasteiger partial charge in [-0.15, -0.1) is 10.2 Å². The first-order valence-corrected chi connectivity index (χ1v) is 10.3. The van der Waals surface area contributed by atoms with E-state index in [9.17, 15) is 13.6 Å². The van der Waals surface area contributed by atoms with Crippen LogP contribution in [0.25, 0.3) is 22.4 Å². The summed E-state index contributed by atoms with van der Waals surface area (Å²) in [6.45, 7) is 0. The van der Waals surface area contributed by atoms with Gasteiger partial charge in [0.15, 0.2) is 0 Å². The number of nitrogens with one attached hydrogen (secondary N) is 2. The van der Waals surface area contributed by atoms with E-state index in [-0.39, 0.29) is 16.9 Å². The van der Waals surface area contributed by atoms with Crippen LogP contribution < -0.4 is 5.32 Å². The van der Waals surface area contributed by atoms with Crippen molar-refractivity contribution < 1.29 is 18.0 Å². The van der Waals surface area contributed by atoms with E-state index < -0.39 is 5.76 Å². The topological polar surface area (TPSA) is 83.8 Å². The maximum absolute atomic E-state index is 12.6. The lowest BCUT2D eigenvalue weighted by atomic mass is 10.2. The summed E-state index contributed by atoms with van der Waals surface area (Å²) in [6.07, 6.45) is 1.79. The summed E-state index contributed by atoms with van der Waals surface area (Å²) in [5.41, 5.74) is 2.07. The SMILES string of the molecule is O=C(CSc1nnc(-c2c[nH]c3ccccc23)o1)Nc1ccccc1SC(F)F. The highest BCUT2D eigenvalue weighted by Gasteiger charge is 2.16. The average Bonchev–Trinajstić information content (AvgIpc) is 3.34. The van der Waals surface area contributed by atoms with Crippen LogP contribution in [0.4, 0.5) is 14.5 Å². The number of halogens is 2. The molecule has 6 nitrogen and oxygen atoms in total. The van der Waals surface area contributed by atoms with Gasteiger partial charge in [-0.05, 0) is 18.2 Å². The third-order valence-electron chi connectivity index (χ3n) is 3.93. The monoisotopic (exact) mass is 432 g/mol. The minimum Gasteiger partial charge on any atom is -0.411 e. The van der Waals surface area contributed by atoms with Crippen LogP contribution in [0.1, 0.15) is 0 Å². The van der Waals surface area contributed by atoms with E-state index in [4.69, 9.17) is 4.42 Å². The fraction of sp³-hybridized carbons (Fsp3) is 0.105. The van der Waals surface area contributed by atoms with Crippen LogP contribution in [-0.4, -0.2) is 32.6 Å². The zero-order chi connectivity index (χ0) is 20.2. The largest absolute Gasteiger partial charge is 0.411 e. The van der Waals surface area contributed by atoms with Gasteiger partial charge < -0.3 is 14.7 Å². The summed E-state index contributed by atoms with van der Waals surface area (Å²) >= 11 is 1.46. The summed E-state index contributed by atoms with van der Waals surface area (Å²) in [6, 6.07) is 14.2. The van der Waals surface area contributed by atoms with Crippen molar-refractivity contribution in [2.45, 2.75) is 15.9 Å². The lowest BCUT2D eigenvalue weighted by Gasteiger charge is -2.09. The van der Waals surface area contributed by atoms with Crippen molar-refractivity contribution in [3.05, 3.63) is 54.7 Å². The molecule has 0 saturated carbocycles. The molecule has 0 aliphatic heterocycles. The molecule has 2 N–H and O–H groups in total. The number of carbonyl (C=O) groups excluding carboxylic acids is 1. The zero-order valence-electron chi connectivity index (χ0n) is 14.8. The number of thioether (sulfide) groups is 2. The highest BCUT2D eigenvalue weighted by Crippen LogP contribution is 2.32. The molecule has 0 unspecified atom stereocenters. The first kappa shape index (κ1) is 19.5. The van der Waals surface area contributed by atoms with Crippen molar-refractivity contribution in [2.24, 2.45) is 0 Å². The maximum Gasteiger partial charge on any atom is 0.288 e. The number of H-pyrrole nitrogens is 1. The first-order chi connectivity index (χ1) is 14.1. The van der Waals surface area contributed by atoms with E-state index in [1.165, 1.54) is 6.07 Å². The molecular formula is C19H14F2N4O2S2. The quantitative estimate of drug-likeness (QED) is 0.388. The van der Waals surface area contributed by atoms with Gasteiger partial charge in [0.05, 0.1) is 17.0 Å². The van der Waals surface area contributed by atoms with Gasteiger partial charge in [0.25, 0.3) is 16.9 Å². The number of rotatable bonds is 7. The van der Waals surface area contributed by atoms with E-state index >= 15 is 0 Å². The van der Waals surface area contributed by atoms with E-state index in [2.05, 4.69) is 20.5 Å². The number of amides is 1. The Labute approximate surface area is 172 Å². The van der Waals surface area contributed by atoms with Crippen molar-refractivity contribution >= 4 is 46.0 Å². The second kappa shape index (κ2) is 8.66. The Morgan fingerprint density at radius 1 is 1.14 bits per heavy atom. The molecule has 2 heterocycles. The molecule has 2 aromatic heterocycles. The number of aromatic amines is 1. The number of fused-ring (bicyclic) bond motifs is 1. The second-order valence-corrected chi connectivity index (χ2v) is 7.79. The van der Waals surface area contributed by atoms with Crippen LogP contribution in [0.2, 0.25) is 0 Å². The normalized spacial score (nSPS) is 11.3. The molecule has 148 valence electrons. The lowest BCUT2D eigenvalue weighted by molar-refractivity contribution is -0.113. The molecule has 0 aliphatic carbocycles. The number of para-hydroxylation sites is 2. The highest BCUT2D eigenvalue weighted by molar-refractivity contribution is 8.00. The number of nitrogens with zero attached hydrogens (tertiary/aromatic N) is 2. The average molecular weight is 432 g/mol. The van der Waals surface area contributed by atoms with Gasteiger partial charge in [0, 0.05) is 22.0 Å². The van der Waals surface area contributed by atoms with Crippen LogP contribution in [0.15, 0.2) is 69.3 Å². The molecule has 0 radical (unpaired) electrons. The summed E-state index contributed by atoms with van der Waals surface area (Å²) < 4.78 is 30.9. The fourth-order valence-corrected chi connectivity index (χ4v) is 3.87. The molecule has 4 aromatic rings. The van der Waals surface area contributed by atoms with Crippen LogP contribution in [0.5, 0.6) is 0 Å². The van der Waals surface area contributed by atoms with Crippen molar-refractivity contribution in [1.82, 2.24) is 15.2 Å². The highest BCUT2D eigenvalue weighted by atomic mass is 32.2. The molecule has 0 aliphatic rings. The maximum atomic E-state index is 12.6. The summed E-state index contributed by atoms with van der Waals surface area (Å²) in [5, 5.41) is 11.8. The molecule has 10 heteroatoms. The molecule has 1 amide bonds. The summed E-state index contributed by atoms with van der Waals surface area (Å²) in [7, 11) is 0. The van der Waals surface area contributed by atoms with E-state index in [1.807, 2.05) is 24.3 Å². The van der Waals surface area contributed by atoms with Crippen molar-refractivity contribution in [3.63, 3.8) is 0 Å². The first-order valence-electron chi connectivity index (χ1n) is 8.46. The third-order valence-corrected chi connectivity index (χ3v) is 5.54. The Balaban J connectivity index is 1.40. The number of anilines is 1. The van der Waals surface area contributed by atoms with E-state index in [0.717, 1.165) is 28.2 Å². The summed E-state index contributed by atoms with van der Waals surface area (Å²) in [4.78, 5) is 15.7.